The van der Waals surface area contributed by atoms with Gasteiger partial charge in [-0.15, -0.1) is 0 Å². The third-order valence-electron chi connectivity index (χ3n) is 3.04. The highest BCUT2D eigenvalue weighted by Gasteiger charge is 2.20. The number of hydrogen-bond acceptors (Lipinski definition) is 3. The lowest BCUT2D eigenvalue weighted by molar-refractivity contribution is -0.384. The molecule has 0 saturated carbocycles. The molecule has 0 amide bonds. The van der Waals surface area contributed by atoms with E-state index in [1.54, 1.807) is 12.1 Å². The molecule has 1 fully saturated rings. The first-order valence-corrected chi connectivity index (χ1v) is 6.08. The minimum absolute atomic E-state index is 0.0913. The molecule has 0 spiro atoms. The SMILES string of the molecule is O=[N+]([O-])c1ccc(Cl)c(C2CCCCOC2)c1. The lowest BCUT2D eigenvalue weighted by atomic mass is 9.94. The van der Waals surface area contributed by atoms with Gasteiger partial charge < -0.3 is 4.74 Å². The second-order valence-corrected chi connectivity index (χ2v) is 4.64. The fourth-order valence-electron chi connectivity index (χ4n) is 2.11. The van der Waals surface area contributed by atoms with Gasteiger partial charge in [0, 0.05) is 29.7 Å². The molecule has 1 aliphatic rings. The average Bonchev–Trinajstić information content (AvgIpc) is 2.58. The van der Waals surface area contributed by atoms with Crippen LogP contribution < -0.4 is 0 Å². The lowest BCUT2D eigenvalue weighted by Gasteiger charge is -2.15. The molecule has 1 aliphatic heterocycles. The van der Waals surface area contributed by atoms with E-state index in [4.69, 9.17) is 16.3 Å². The van der Waals surface area contributed by atoms with E-state index >= 15 is 0 Å². The van der Waals surface area contributed by atoms with Crippen LogP contribution in [0.25, 0.3) is 0 Å². The summed E-state index contributed by atoms with van der Waals surface area (Å²) >= 11 is 6.11. The molecule has 2 rings (SSSR count). The predicted molar refractivity (Wildman–Crippen MR) is 65.5 cm³/mol. The zero-order valence-corrected chi connectivity index (χ0v) is 10.2. The van der Waals surface area contributed by atoms with Crippen molar-refractivity contribution in [1.82, 2.24) is 0 Å². The van der Waals surface area contributed by atoms with Crippen LogP contribution in [-0.4, -0.2) is 18.1 Å². The molecule has 1 atom stereocenters. The minimum atomic E-state index is -0.391. The number of benzene rings is 1. The first-order valence-electron chi connectivity index (χ1n) is 5.70. The van der Waals surface area contributed by atoms with Crippen molar-refractivity contribution in [3.8, 4) is 0 Å². The van der Waals surface area contributed by atoms with Gasteiger partial charge in [-0.1, -0.05) is 18.0 Å². The van der Waals surface area contributed by atoms with Gasteiger partial charge in [-0.2, -0.15) is 0 Å². The number of rotatable bonds is 2. The van der Waals surface area contributed by atoms with Crippen molar-refractivity contribution in [2.75, 3.05) is 13.2 Å². The van der Waals surface area contributed by atoms with E-state index in [1.807, 2.05) is 0 Å². The van der Waals surface area contributed by atoms with Crippen LogP contribution in [0, 0.1) is 10.1 Å². The average molecular weight is 256 g/mol. The third-order valence-corrected chi connectivity index (χ3v) is 3.38. The van der Waals surface area contributed by atoms with Crippen molar-refractivity contribution in [3.63, 3.8) is 0 Å². The van der Waals surface area contributed by atoms with Crippen molar-refractivity contribution in [2.24, 2.45) is 0 Å². The van der Waals surface area contributed by atoms with Crippen LogP contribution in [0.5, 0.6) is 0 Å². The molecule has 17 heavy (non-hydrogen) atoms. The molecule has 0 aliphatic carbocycles. The molecule has 1 aromatic carbocycles. The first kappa shape index (κ1) is 12.3. The molecule has 1 heterocycles. The quantitative estimate of drug-likeness (QED) is 0.600. The summed E-state index contributed by atoms with van der Waals surface area (Å²) in [5.74, 6) is 0.171. The van der Waals surface area contributed by atoms with Gasteiger partial charge in [0.15, 0.2) is 0 Å². The molecule has 4 nitrogen and oxygen atoms in total. The summed E-state index contributed by atoms with van der Waals surface area (Å²) in [5.41, 5.74) is 0.927. The summed E-state index contributed by atoms with van der Waals surface area (Å²) in [5, 5.41) is 11.3. The van der Waals surface area contributed by atoms with Crippen LogP contribution in [0.15, 0.2) is 18.2 Å². The van der Waals surface area contributed by atoms with Gasteiger partial charge in [0.1, 0.15) is 0 Å². The van der Waals surface area contributed by atoms with Crippen LogP contribution in [0.1, 0.15) is 30.7 Å². The number of hydrogen-bond donors (Lipinski definition) is 0. The Morgan fingerprint density at radius 2 is 2.24 bits per heavy atom. The molecule has 5 heteroatoms. The van der Waals surface area contributed by atoms with Gasteiger partial charge in [0.25, 0.3) is 5.69 Å². The number of nitro groups is 1. The highest BCUT2D eigenvalue weighted by Crippen LogP contribution is 2.33. The fourth-order valence-corrected chi connectivity index (χ4v) is 2.38. The van der Waals surface area contributed by atoms with E-state index in [-0.39, 0.29) is 11.6 Å². The second kappa shape index (κ2) is 5.47. The summed E-state index contributed by atoms with van der Waals surface area (Å²) in [7, 11) is 0. The van der Waals surface area contributed by atoms with E-state index in [9.17, 15) is 10.1 Å². The molecule has 1 unspecified atom stereocenters. The Morgan fingerprint density at radius 1 is 1.41 bits per heavy atom. The van der Waals surface area contributed by atoms with Crippen LogP contribution in [0.4, 0.5) is 5.69 Å². The van der Waals surface area contributed by atoms with Crippen molar-refractivity contribution in [3.05, 3.63) is 38.9 Å². The summed E-state index contributed by atoms with van der Waals surface area (Å²) in [6.45, 7) is 1.37. The largest absolute Gasteiger partial charge is 0.381 e. The van der Waals surface area contributed by atoms with Crippen molar-refractivity contribution in [1.29, 1.82) is 0 Å². The molecule has 92 valence electrons. The Bertz CT molecular complexity index is 414. The summed E-state index contributed by atoms with van der Waals surface area (Å²) in [4.78, 5) is 10.4. The van der Waals surface area contributed by atoms with E-state index in [0.717, 1.165) is 31.4 Å². The maximum absolute atomic E-state index is 10.7. The Morgan fingerprint density at radius 3 is 3.00 bits per heavy atom. The molecule has 0 bridgehead atoms. The summed E-state index contributed by atoms with van der Waals surface area (Å²) in [6.07, 6.45) is 3.09. The smallest absolute Gasteiger partial charge is 0.269 e. The number of halogens is 1. The van der Waals surface area contributed by atoms with E-state index in [0.29, 0.717) is 11.6 Å². The van der Waals surface area contributed by atoms with Gasteiger partial charge in [-0.3, -0.25) is 10.1 Å². The Balaban J connectivity index is 2.28. The maximum Gasteiger partial charge on any atom is 0.269 e. The molecule has 1 saturated heterocycles. The minimum Gasteiger partial charge on any atom is -0.381 e. The zero-order chi connectivity index (χ0) is 12.3. The molecule has 0 N–H and O–H groups in total. The van der Waals surface area contributed by atoms with Gasteiger partial charge in [-0.25, -0.2) is 0 Å². The fraction of sp³-hybridized carbons (Fsp3) is 0.500. The molecular formula is C12H14ClNO3. The van der Waals surface area contributed by atoms with Crippen LogP contribution in [-0.2, 0) is 4.74 Å². The van der Waals surface area contributed by atoms with Crippen LogP contribution in [0.2, 0.25) is 5.02 Å². The van der Waals surface area contributed by atoms with Gasteiger partial charge >= 0.3 is 0 Å². The normalized spacial score (nSPS) is 20.9. The highest BCUT2D eigenvalue weighted by atomic mass is 35.5. The Labute approximate surface area is 105 Å². The van der Waals surface area contributed by atoms with Crippen molar-refractivity contribution in [2.45, 2.75) is 25.2 Å². The van der Waals surface area contributed by atoms with Gasteiger partial charge in [0.05, 0.1) is 11.5 Å². The predicted octanol–water partition coefficient (Wildman–Crippen LogP) is 3.53. The van der Waals surface area contributed by atoms with E-state index < -0.39 is 4.92 Å². The second-order valence-electron chi connectivity index (χ2n) is 4.23. The number of nitro benzene ring substituents is 1. The van der Waals surface area contributed by atoms with Gasteiger partial charge in [0.2, 0.25) is 0 Å². The monoisotopic (exact) mass is 255 g/mol. The molecule has 0 radical (unpaired) electrons. The Kier molecular flexibility index (Phi) is 3.97. The lowest BCUT2D eigenvalue weighted by Crippen LogP contribution is -2.06. The standard InChI is InChI=1S/C12H14ClNO3/c13-12-5-4-10(14(15)16)7-11(12)9-3-1-2-6-17-8-9/h4-5,7,9H,1-3,6,8H2. The third kappa shape index (κ3) is 2.96. The molecule has 0 aromatic heterocycles. The van der Waals surface area contributed by atoms with E-state index in [1.165, 1.54) is 6.07 Å². The number of ether oxygens (including phenoxy) is 1. The Hall–Kier alpha value is -1.13. The van der Waals surface area contributed by atoms with Crippen molar-refractivity contribution >= 4 is 17.3 Å². The van der Waals surface area contributed by atoms with Gasteiger partial charge in [-0.05, 0) is 24.5 Å². The summed E-state index contributed by atoms with van der Waals surface area (Å²) < 4.78 is 5.49. The van der Waals surface area contributed by atoms with Crippen LogP contribution in [0.3, 0.4) is 0 Å². The molecule has 1 aromatic rings. The first-order chi connectivity index (χ1) is 8.18. The topological polar surface area (TPSA) is 52.4 Å². The van der Waals surface area contributed by atoms with E-state index in [2.05, 4.69) is 0 Å². The van der Waals surface area contributed by atoms with Crippen LogP contribution >= 0.6 is 11.6 Å². The van der Waals surface area contributed by atoms with Crippen molar-refractivity contribution < 1.29 is 9.66 Å². The molecular weight excluding hydrogens is 242 g/mol. The number of nitrogens with zero attached hydrogens (tertiary/aromatic N) is 1. The number of non-ortho nitro benzene ring substituents is 1. The maximum atomic E-state index is 10.7. The zero-order valence-electron chi connectivity index (χ0n) is 9.39. The highest BCUT2D eigenvalue weighted by molar-refractivity contribution is 6.31. The summed E-state index contributed by atoms with van der Waals surface area (Å²) in [6, 6.07) is 4.60.